The number of carbonyl (C=O) groups is 1. The Bertz CT molecular complexity index is 408. The average molecular weight is 338 g/mol. The topological polar surface area (TPSA) is 66.0 Å². The lowest BCUT2D eigenvalue weighted by Gasteiger charge is -2.21. The number of aliphatic imine (C=N–C) groups is 1. The third kappa shape index (κ3) is 5.96. The van der Waals surface area contributed by atoms with Gasteiger partial charge < -0.3 is 20.3 Å². The predicted molar refractivity (Wildman–Crippen MR) is 97.2 cm³/mol. The molecule has 0 aromatic carbocycles. The molecule has 24 heavy (non-hydrogen) atoms. The minimum absolute atomic E-state index is 0.279. The van der Waals surface area contributed by atoms with E-state index in [2.05, 4.69) is 22.5 Å². The molecular formula is C18H34N4O2. The Hall–Kier alpha value is -1.30. The van der Waals surface area contributed by atoms with Crippen LogP contribution in [-0.2, 0) is 9.53 Å². The molecule has 0 aromatic heterocycles. The number of likely N-dealkylation sites (tertiary alicyclic amines) is 1. The number of ether oxygens (including phenoxy) is 1. The summed E-state index contributed by atoms with van der Waals surface area (Å²) in [4.78, 5) is 18.8. The van der Waals surface area contributed by atoms with Crippen LogP contribution in [0.15, 0.2) is 4.99 Å². The number of nitrogens with one attached hydrogen (secondary N) is 2. The number of rotatable bonds is 8. The van der Waals surface area contributed by atoms with E-state index in [9.17, 15) is 4.79 Å². The third-order valence-corrected chi connectivity index (χ3v) is 4.95. The summed E-state index contributed by atoms with van der Waals surface area (Å²) in [6.07, 6.45) is 7.84. The van der Waals surface area contributed by atoms with Gasteiger partial charge in [0.15, 0.2) is 5.96 Å². The summed E-state index contributed by atoms with van der Waals surface area (Å²) in [5, 5.41) is 6.72. The lowest BCUT2D eigenvalue weighted by Crippen LogP contribution is -2.46. The molecule has 1 unspecified atom stereocenters. The molecule has 1 saturated heterocycles. The number of guanidine groups is 1. The molecule has 0 bridgehead atoms. The normalized spacial score (nSPS) is 22.2. The van der Waals surface area contributed by atoms with E-state index in [0.717, 1.165) is 64.3 Å². The summed E-state index contributed by atoms with van der Waals surface area (Å²) in [5.74, 6) is 1.44. The first-order valence-electron chi connectivity index (χ1n) is 9.58. The number of hydrogen-bond acceptors (Lipinski definition) is 3. The van der Waals surface area contributed by atoms with E-state index in [1.807, 2.05) is 4.90 Å². The fourth-order valence-electron chi connectivity index (χ4n) is 3.49. The van der Waals surface area contributed by atoms with Crippen LogP contribution in [0.3, 0.4) is 0 Å². The van der Waals surface area contributed by atoms with Gasteiger partial charge in [-0.05, 0) is 25.7 Å². The minimum atomic E-state index is 0.279. The lowest BCUT2D eigenvalue weighted by atomic mass is 10.1. The molecule has 1 atom stereocenters. The second-order valence-corrected chi connectivity index (χ2v) is 6.86. The van der Waals surface area contributed by atoms with Gasteiger partial charge in [0.25, 0.3) is 0 Å². The van der Waals surface area contributed by atoms with Gasteiger partial charge in [0, 0.05) is 45.2 Å². The molecule has 6 heteroatoms. The number of hydrogen-bond donors (Lipinski definition) is 2. The monoisotopic (exact) mass is 338 g/mol. The molecule has 1 amide bonds. The molecule has 0 spiro atoms. The number of amides is 1. The van der Waals surface area contributed by atoms with Gasteiger partial charge in [-0.25, -0.2) is 0 Å². The zero-order valence-corrected chi connectivity index (χ0v) is 15.4. The van der Waals surface area contributed by atoms with E-state index in [1.165, 1.54) is 12.8 Å². The van der Waals surface area contributed by atoms with Gasteiger partial charge in [0.05, 0.1) is 6.61 Å². The molecule has 0 aromatic rings. The molecule has 1 heterocycles. The number of carbonyl (C=O) groups excluding carboxylic acids is 1. The molecule has 2 N–H and O–H groups in total. The van der Waals surface area contributed by atoms with Crippen molar-refractivity contribution in [1.82, 2.24) is 15.5 Å². The largest absolute Gasteiger partial charge is 0.380 e. The Morgan fingerprint density at radius 2 is 2.04 bits per heavy atom. The maximum atomic E-state index is 12.5. The maximum Gasteiger partial charge on any atom is 0.225 e. The smallest absolute Gasteiger partial charge is 0.225 e. The molecule has 2 rings (SSSR count). The third-order valence-electron chi connectivity index (χ3n) is 4.95. The van der Waals surface area contributed by atoms with Crippen molar-refractivity contribution in [1.29, 1.82) is 0 Å². The van der Waals surface area contributed by atoms with Crippen LogP contribution in [0.25, 0.3) is 0 Å². The Kier molecular flexibility index (Phi) is 8.36. The fraction of sp³-hybridized carbons (Fsp3) is 0.889. The summed E-state index contributed by atoms with van der Waals surface area (Å²) < 4.78 is 5.55. The summed E-state index contributed by atoms with van der Waals surface area (Å²) in [6.45, 7) is 6.09. The first-order chi connectivity index (χ1) is 11.7. The summed E-state index contributed by atoms with van der Waals surface area (Å²) in [6, 6.07) is 0.294. The molecular weight excluding hydrogens is 304 g/mol. The summed E-state index contributed by atoms with van der Waals surface area (Å²) in [5.41, 5.74) is 0. The Morgan fingerprint density at radius 3 is 2.75 bits per heavy atom. The number of nitrogens with zero attached hydrogens (tertiary/aromatic N) is 2. The van der Waals surface area contributed by atoms with Crippen molar-refractivity contribution in [2.45, 2.75) is 57.9 Å². The molecule has 2 fully saturated rings. The Morgan fingerprint density at radius 1 is 1.25 bits per heavy atom. The van der Waals surface area contributed by atoms with E-state index in [0.29, 0.717) is 18.6 Å². The van der Waals surface area contributed by atoms with Gasteiger partial charge >= 0.3 is 0 Å². The SMILES string of the molecule is CCCCOCCNC(=NC)NC1CCN(C(=O)C2CCCC2)C1. The summed E-state index contributed by atoms with van der Waals surface area (Å²) >= 11 is 0. The lowest BCUT2D eigenvalue weighted by molar-refractivity contribution is -0.134. The van der Waals surface area contributed by atoms with Crippen LogP contribution in [0.5, 0.6) is 0 Å². The van der Waals surface area contributed by atoms with Crippen LogP contribution < -0.4 is 10.6 Å². The highest BCUT2D eigenvalue weighted by atomic mass is 16.5. The van der Waals surface area contributed by atoms with Crippen LogP contribution in [-0.4, -0.2) is 62.7 Å². The van der Waals surface area contributed by atoms with Gasteiger partial charge in [0.2, 0.25) is 5.91 Å². The van der Waals surface area contributed by atoms with Crippen LogP contribution in [0.2, 0.25) is 0 Å². The molecule has 1 aliphatic heterocycles. The van der Waals surface area contributed by atoms with E-state index in [4.69, 9.17) is 4.74 Å². The quantitative estimate of drug-likeness (QED) is 0.402. The van der Waals surface area contributed by atoms with Crippen molar-refractivity contribution in [3.8, 4) is 0 Å². The van der Waals surface area contributed by atoms with Crippen molar-refractivity contribution >= 4 is 11.9 Å². The molecule has 2 aliphatic rings. The maximum absolute atomic E-state index is 12.5. The van der Waals surface area contributed by atoms with Crippen molar-refractivity contribution in [3.63, 3.8) is 0 Å². The fourth-order valence-corrected chi connectivity index (χ4v) is 3.49. The van der Waals surface area contributed by atoms with Gasteiger partial charge in [0.1, 0.15) is 0 Å². The second-order valence-electron chi connectivity index (χ2n) is 6.86. The van der Waals surface area contributed by atoms with Crippen LogP contribution >= 0.6 is 0 Å². The highest BCUT2D eigenvalue weighted by Gasteiger charge is 2.32. The highest BCUT2D eigenvalue weighted by Crippen LogP contribution is 2.27. The zero-order valence-electron chi connectivity index (χ0n) is 15.4. The van der Waals surface area contributed by atoms with Gasteiger partial charge in [-0.2, -0.15) is 0 Å². The second kappa shape index (κ2) is 10.5. The molecule has 1 saturated carbocycles. The highest BCUT2D eigenvalue weighted by molar-refractivity contribution is 5.81. The Balaban J connectivity index is 1.64. The van der Waals surface area contributed by atoms with E-state index in [1.54, 1.807) is 7.05 Å². The van der Waals surface area contributed by atoms with E-state index < -0.39 is 0 Å². The predicted octanol–water partition coefficient (Wildman–Crippen LogP) is 1.76. The number of unbranched alkanes of at least 4 members (excludes halogenated alkanes) is 1. The van der Waals surface area contributed by atoms with Gasteiger partial charge in [-0.3, -0.25) is 9.79 Å². The van der Waals surface area contributed by atoms with Crippen LogP contribution in [0.1, 0.15) is 51.9 Å². The minimum Gasteiger partial charge on any atom is -0.380 e. The average Bonchev–Trinajstić information content (AvgIpc) is 3.28. The molecule has 1 aliphatic carbocycles. The van der Waals surface area contributed by atoms with Crippen molar-refractivity contribution in [3.05, 3.63) is 0 Å². The van der Waals surface area contributed by atoms with Crippen molar-refractivity contribution in [2.75, 3.05) is 39.9 Å². The summed E-state index contributed by atoms with van der Waals surface area (Å²) in [7, 11) is 1.78. The van der Waals surface area contributed by atoms with Crippen LogP contribution in [0, 0.1) is 5.92 Å². The Labute approximate surface area is 146 Å². The molecule has 138 valence electrons. The van der Waals surface area contributed by atoms with Crippen molar-refractivity contribution in [2.24, 2.45) is 10.9 Å². The first kappa shape index (κ1) is 19.0. The van der Waals surface area contributed by atoms with E-state index >= 15 is 0 Å². The van der Waals surface area contributed by atoms with Crippen molar-refractivity contribution < 1.29 is 9.53 Å². The van der Waals surface area contributed by atoms with Crippen LogP contribution in [0.4, 0.5) is 0 Å². The van der Waals surface area contributed by atoms with E-state index in [-0.39, 0.29) is 5.92 Å². The van der Waals surface area contributed by atoms with Gasteiger partial charge in [-0.1, -0.05) is 26.2 Å². The first-order valence-corrected chi connectivity index (χ1v) is 9.58. The standard InChI is InChI=1S/C18H34N4O2/c1-3-4-12-24-13-10-20-18(19-2)21-16-9-11-22(14-16)17(23)15-7-5-6-8-15/h15-16H,3-14H2,1-2H3,(H2,19,20,21). The molecule has 6 nitrogen and oxygen atoms in total. The van der Waals surface area contributed by atoms with Gasteiger partial charge in [-0.15, -0.1) is 0 Å². The molecule has 0 radical (unpaired) electrons. The zero-order chi connectivity index (χ0) is 17.2.